The number of alkyl halides is 2. The molecule has 0 spiro atoms. The van der Waals surface area contributed by atoms with E-state index >= 15 is 0 Å². The van der Waals surface area contributed by atoms with Crippen molar-refractivity contribution in [1.29, 1.82) is 0 Å². The van der Waals surface area contributed by atoms with Crippen molar-refractivity contribution in [1.82, 2.24) is 29.5 Å². The van der Waals surface area contributed by atoms with E-state index in [1.165, 1.54) is 18.7 Å². The highest BCUT2D eigenvalue weighted by atomic mass is 19.3. The molecule has 2 atom stereocenters. The number of imidazole rings is 1. The second-order valence-electron chi connectivity index (χ2n) is 9.82. The summed E-state index contributed by atoms with van der Waals surface area (Å²) in [5.41, 5.74) is 3.28. The van der Waals surface area contributed by atoms with Crippen LogP contribution in [-0.2, 0) is 14.1 Å². The molecule has 0 aliphatic carbocycles. The lowest BCUT2D eigenvalue weighted by molar-refractivity contribution is -0.0535. The predicted octanol–water partition coefficient (Wildman–Crippen LogP) is 3.65. The summed E-state index contributed by atoms with van der Waals surface area (Å²) in [5.74, 6) is -0.582. The van der Waals surface area contributed by atoms with Crippen molar-refractivity contribution in [2.75, 3.05) is 20.2 Å². The van der Waals surface area contributed by atoms with Crippen LogP contribution in [0.25, 0.3) is 11.0 Å². The maximum atomic E-state index is 13.7. The van der Waals surface area contributed by atoms with Crippen LogP contribution in [0.15, 0.2) is 48.8 Å². The summed E-state index contributed by atoms with van der Waals surface area (Å²) in [6.45, 7) is -0.761. The number of hydrogen-bond acceptors (Lipinski definition) is 6. The van der Waals surface area contributed by atoms with E-state index in [1.807, 2.05) is 48.0 Å². The van der Waals surface area contributed by atoms with E-state index in [9.17, 15) is 18.4 Å². The Bertz CT molecular complexity index is 1550. The lowest BCUT2D eigenvalue weighted by atomic mass is 9.85. The van der Waals surface area contributed by atoms with Crippen molar-refractivity contribution < 1.29 is 27.8 Å². The Morgan fingerprint density at radius 1 is 1.15 bits per heavy atom. The molecule has 2 aromatic carbocycles. The minimum atomic E-state index is -3.05. The van der Waals surface area contributed by atoms with Gasteiger partial charge in [-0.05, 0) is 31.0 Å². The molecule has 1 N–H and O–H groups in total. The van der Waals surface area contributed by atoms with Gasteiger partial charge in [-0.15, -0.1) is 5.10 Å². The molecule has 1 saturated heterocycles. The molecule has 210 valence electrons. The fourth-order valence-corrected chi connectivity index (χ4v) is 5.36. The highest BCUT2D eigenvalue weighted by molar-refractivity contribution is 5.99. The Labute approximate surface area is 229 Å². The zero-order valence-corrected chi connectivity index (χ0v) is 22.6. The van der Waals surface area contributed by atoms with Crippen LogP contribution in [0.2, 0.25) is 0 Å². The molecule has 0 saturated carbocycles. The number of benzene rings is 2. The number of rotatable bonds is 7. The van der Waals surface area contributed by atoms with Gasteiger partial charge in [0.05, 0.1) is 19.0 Å². The van der Waals surface area contributed by atoms with Gasteiger partial charge in [0, 0.05) is 50.3 Å². The topological polar surface area (TPSA) is 104 Å². The Morgan fingerprint density at radius 2 is 1.90 bits per heavy atom. The minimum Gasteiger partial charge on any atom is -0.494 e. The molecule has 0 radical (unpaired) electrons. The van der Waals surface area contributed by atoms with Gasteiger partial charge in [0.1, 0.15) is 17.0 Å². The first kappa shape index (κ1) is 27.1. The van der Waals surface area contributed by atoms with E-state index in [2.05, 4.69) is 20.1 Å². The average molecular weight is 553 g/mol. The number of fused-ring (bicyclic) bond motifs is 1. The highest BCUT2D eigenvalue weighted by Crippen LogP contribution is 2.31. The molecule has 1 aliphatic rings. The maximum Gasteiger partial charge on any atom is 0.388 e. The molecule has 10 nitrogen and oxygen atoms in total. The second-order valence-corrected chi connectivity index (χ2v) is 9.82. The molecule has 3 heterocycles. The number of carbonyl (C=O) groups excluding carboxylic acids is 2. The predicted molar refractivity (Wildman–Crippen MR) is 143 cm³/mol. The third-order valence-corrected chi connectivity index (χ3v) is 7.36. The van der Waals surface area contributed by atoms with Gasteiger partial charge >= 0.3 is 6.61 Å². The molecule has 0 bridgehead atoms. The number of aryl methyl sites for hydroxylation is 2. The second kappa shape index (κ2) is 10.9. The zero-order chi connectivity index (χ0) is 28.6. The summed E-state index contributed by atoms with van der Waals surface area (Å²) in [6.07, 6.45) is 2.16. The Morgan fingerprint density at radius 3 is 2.60 bits per heavy atom. The van der Waals surface area contributed by atoms with Crippen LogP contribution in [-0.4, -0.2) is 68.9 Å². The zero-order valence-electron chi connectivity index (χ0n) is 22.6. The van der Waals surface area contributed by atoms with Gasteiger partial charge in [-0.3, -0.25) is 14.3 Å². The highest BCUT2D eigenvalue weighted by Gasteiger charge is 2.35. The number of ether oxygens (including phenoxy) is 2. The van der Waals surface area contributed by atoms with Crippen LogP contribution < -0.4 is 14.8 Å². The van der Waals surface area contributed by atoms with Crippen molar-refractivity contribution in [3.8, 4) is 11.6 Å². The first-order valence-electron chi connectivity index (χ1n) is 12.8. The quantitative estimate of drug-likeness (QED) is 0.376. The molecule has 2 amide bonds. The maximum absolute atomic E-state index is 13.7. The molecule has 2 aromatic heterocycles. The molecule has 5 rings (SSSR count). The van der Waals surface area contributed by atoms with E-state index in [1.54, 1.807) is 24.4 Å². The van der Waals surface area contributed by atoms with Gasteiger partial charge in [-0.2, -0.15) is 8.78 Å². The van der Waals surface area contributed by atoms with Crippen molar-refractivity contribution in [3.63, 3.8) is 0 Å². The van der Waals surface area contributed by atoms with E-state index in [4.69, 9.17) is 4.74 Å². The van der Waals surface area contributed by atoms with E-state index in [0.29, 0.717) is 36.3 Å². The Balaban J connectivity index is 1.41. The standard InChI is InChI=1S/C28H30F2N6O4/c1-16-24(35(3)33-26(16)40-28(29)30)25(37)32-20-10-11-36(14-19(20)17-8-6-5-7-9-17)27(38)18-12-21-23(22(13-18)39-4)31-15-34(21)2/h5-9,12-13,15,19-20,28H,10-11,14H2,1-4H3,(H,32,37)/t19-,20-/m1/s1. The van der Waals surface area contributed by atoms with Crippen molar-refractivity contribution >= 4 is 22.8 Å². The largest absolute Gasteiger partial charge is 0.494 e. The number of halogens is 2. The van der Waals surface area contributed by atoms with Crippen LogP contribution in [0.4, 0.5) is 8.78 Å². The van der Waals surface area contributed by atoms with Crippen molar-refractivity contribution in [2.24, 2.45) is 14.1 Å². The summed E-state index contributed by atoms with van der Waals surface area (Å²) in [6, 6.07) is 12.9. The molecule has 4 aromatic rings. The van der Waals surface area contributed by atoms with Gasteiger partial charge in [0.15, 0.2) is 0 Å². The van der Waals surface area contributed by atoms with Gasteiger partial charge in [0.25, 0.3) is 11.8 Å². The first-order valence-corrected chi connectivity index (χ1v) is 12.8. The summed E-state index contributed by atoms with van der Waals surface area (Å²) >= 11 is 0. The summed E-state index contributed by atoms with van der Waals surface area (Å²) in [4.78, 5) is 33.2. The number of nitrogens with one attached hydrogen (secondary N) is 1. The minimum absolute atomic E-state index is 0.137. The number of aromatic nitrogens is 4. The van der Waals surface area contributed by atoms with E-state index < -0.39 is 12.5 Å². The number of amides is 2. The monoisotopic (exact) mass is 552 g/mol. The van der Waals surface area contributed by atoms with Crippen molar-refractivity contribution in [2.45, 2.75) is 31.9 Å². The molecule has 40 heavy (non-hydrogen) atoms. The number of hydrogen-bond donors (Lipinski definition) is 1. The first-order chi connectivity index (χ1) is 19.2. The molecule has 0 unspecified atom stereocenters. The van der Waals surface area contributed by atoms with Crippen LogP contribution in [0.3, 0.4) is 0 Å². The average Bonchev–Trinajstić information content (AvgIpc) is 3.45. The van der Waals surface area contributed by atoms with Gasteiger partial charge in [0.2, 0.25) is 5.88 Å². The van der Waals surface area contributed by atoms with Gasteiger partial charge < -0.3 is 24.3 Å². The summed E-state index contributed by atoms with van der Waals surface area (Å²) < 4.78 is 38.6. The fraction of sp³-hybridized carbons (Fsp3) is 0.357. The molecule has 1 aliphatic heterocycles. The van der Waals surface area contributed by atoms with Crippen LogP contribution >= 0.6 is 0 Å². The molecular weight excluding hydrogens is 522 g/mol. The number of methoxy groups -OCH3 is 1. The van der Waals surface area contributed by atoms with Crippen LogP contribution in [0, 0.1) is 6.92 Å². The Kier molecular flexibility index (Phi) is 7.42. The summed E-state index contributed by atoms with van der Waals surface area (Å²) in [5, 5.41) is 7.00. The number of piperidine rings is 1. The summed E-state index contributed by atoms with van der Waals surface area (Å²) in [7, 11) is 4.91. The molecule has 12 heteroatoms. The fourth-order valence-electron chi connectivity index (χ4n) is 5.36. The van der Waals surface area contributed by atoms with Gasteiger partial charge in [-0.25, -0.2) is 4.98 Å². The van der Waals surface area contributed by atoms with E-state index in [-0.39, 0.29) is 35.0 Å². The van der Waals surface area contributed by atoms with Gasteiger partial charge in [-0.1, -0.05) is 30.3 Å². The third-order valence-electron chi connectivity index (χ3n) is 7.36. The SMILES string of the molecule is COc1cc(C(=O)N2CC[C@@H](NC(=O)c3c(C)c(OC(F)F)nn3C)[C@@H](c3ccccc3)C2)cc2c1ncn2C. The van der Waals surface area contributed by atoms with Crippen molar-refractivity contribution in [3.05, 3.63) is 71.2 Å². The molecule has 1 fully saturated rings. The third kappa shape index (κ3) is 5.08. The van der Waals surface area contributed by atoms with Crippen LogP contribution in [0.1, 0.15) is 44.3 Å². The smallest absolute Gasteiger partial charge is 0.388 e. The molecular formula is C28H30F2N6O4. The number of carbonyl (C=O) groups is 2. The number of nitrogens with zero attached hydrogens (tertiary/aromatic N) is 5. The lowest BCUT2D eigenvalue weighted by Gasteiger charge is -2.39. The Hall–Kier alpha value is -4.48. The number of likely N-dealkylation sites (tertiary alicyclic amines) is 1. The normalized spacial score (nSPS) is 17.3. The van der Waals surface area contributed by atoms with Crippen LogP contribution in [0.5, 0.6) is 11.6 Å². The van der Waals surface area contributed by atoms with E-state index in [0.717, 1.165) is 11.1 Å². The lowest BCUT2D eigenvalue weighted by Crippen LogP contribution is -2.51.